The molecule has 3 rings (SSSR count). The minimum Gasteiger partial charge on any atom is -0.381 e. The highest BCUT2D eigenvalue weighted by molar-refractivity contribution is 6.31. The summed E-state index contributed by atoms with van der Waals surface area (Å²) >= 11 is 6.58. The summed E-state index contributed by atoms with van der Waals surface area (Å²) in [6, 6.07) is 8.73. The predicted octanol–water partition coefficient (Wildman–Crippen LogP) is 3.82. The van der Waals surface area contributed by atoms with Gasteiger partial charge in [-0.1, -0.05) is 43.1 Å². The maximum atomic E-state index is 6.58. The molecule has 2 N–H and O–H groups in total. The molecule has 0 aliphatic carbocycles. The largest absolute Gasteiger partial charge is 0.381 e. The molecule has 2 aliphatic rings. The highest BCUT2D eigenvalue weighted by Crippen LogP contribution is 2.38. The number of hydrogen-bond donors (Lipinski definition) is 2. The molecule has 0 radical (unpaired) electrons. The van der Waals surface area contributed by atoms with Gasteiger partial charge in [-0.2, -0.15) is 0 Å². The molecule has 0 bridgehead atoms. The van der Waals surface area contributed by atoms with E-state index in [4.69, 9.17) is 16.3 Å². The predicted molar refractivity (Wildman–Crippen MR) is 122 cm³/mol. The molecule has 1 aromatic rings. The first-order valence-corrected chi connectivity index (χ1v) is 11.6. The summed E-state index contributed by atoms with van der Waals surface area (Å²) in [6.45, 7) is 8.21. The third-order valence-corrected chi connectivity index (χ3v) is 6.80. The fourth-order valence-electron chi connectivity index (χ4n) is 4.52. The van der Waals surface area contributed by atoms with E-state index in [0.29, 0.717) is 6.04 Å². The Morgan fingerprint density at radius 1 is 1.24 bits per heavy atom. The molecule has 0 amide bonds. The molecule has 0 spiro atoms. The number of benzene rings is 1. The molecule has 162 valence electrons. The van der Waals surface area contributed by atoms with Gasteiger partial charge in [0.2, 0.25) is 0 Å². The Morgan fingerprint density at radius 3 is 2.62 bits per heavy atom. The Balaban J connectivity index is 1.57. The summed E-state index contributed by atoms with van der Waals surface area (Å²) in [5, 5.41) is 8.11. The molecule has 2 heterocycles. The monoisotopic (exact) mass is 420 g/mol. The average Bonchev–Trinajstić information content (AvgIpc) is 2.77. The molecule has 0 aromatic heterocycles. The van der Waals surface area contributed by atoms with Crippen molar-refractivity contribution >= 4 is 17.6 Å². The molecular weight excluding hydrogens is 384 g/mol. The van der Waals surface area contributed by atoms with Gasteiger partial charge in [-0.15, -0.1) is 0 Å². The van der Waals surface area contributed by atoms with Crippen molar-refractivity contribution < 1.29 is 4.74 Å². The maximum Gasteiger partial charge on any atom is 0.191 e. The Morgan fingerprint density at radius 2 is 1.97 bits per heavy atom. The van der Waals surface area contributed by atoms with Crippen LogP contribution in [0.3, 0.4) is 0 Å². The number of rotatable bonds is 7. The Hall–Kier alpha value is -1.30. The standard InChI is InChI=1S/C23H37ClN4O/c1-3-4-13-28-14-9-19(10-15-28)27-22(25-2)26-18-23(11-16-29-17-12-23)20-7-5-6-8-21(20)24/h5-8,19H,3-4,9-18H2,1-2H3,(H2,25,26,27). The van der Waals surface area contributed by atoms with Crippen LogP contribution in [-0.4, -0.2) is 63.3 Å². The van der Waals surface area contributed by atoms with Crippen LogP contribution < -0.4 is 10.6 Å². The van der Waals surface area contributed by atoms with E-state index in [1.807, 2.05) is 19.2 Å². The Kier molecular flexibility index (Phi) is 8.64. The number of guanidine groups is 1. The van der Waals surface area contributed by atoms with Crippen LogP contribution in [0.1, 0.15) is 51.0 Å². The molecular formula is C23H37ClN4O. The van der Waals surface area contributed by atoms with Gasteiger partial charge in [-0.25, -0.2) is 0 Å². The molecule has 0 saturated carbocycles. The number of hydrogen-bond acceptors (Lipinski definition) is 3. The molecule has 6 heteroatoms. The lowest BCUT2D eigenvalue weighted by Crippen LogP contribution is -2.52. The lowest BCUT2D eigenvalue weighted by molar-refractivity contribution is 0.0514. The van der Waals surface area contributed by atoms with Gasteiger partial charge in [0.05, 0.1) is 0 Å². The van der Waals surface area contributed by atoms with Gasteiger partial charge < -0.3 is 20.3 Å². The zero-order chi connectivity index (χ0) is 20.5. The minimum atomic E-state index is -0.0161. The number of piperidine rings is 1. The molecule has 2 aliphatic heterocycles. The smallest absolute Gasteiger partial charge is 0.191 e. The minimum absolute atomic E-state index is 0.0161. The number of aliphatic imine (C=N–C) groups is 1. The van der Waals surface area contributed by atoms with Crippen LogP contribution in [0.25, 0.3) is 0 Å². The highest BCUT2D eigenvalue weighted by atomic mass is 35.5. The van der Waals surface area contributed by atoms with Gasteiger partial charge in [-0.3, -0.25) is 4.99 Å². The average molecular weight is 421 g/mol. The van der Waals surface area contributed by atoms with Crippen molar-refractivity contribution in [1.29, 1.82) is 0 Å². The summed E-state index contributed by atoms with van der Waals surface area (Å²) in [5.41, 5.74) is 1.20. The fourth-order valence-corrected chi connectivity index (χ4v) is 4.85. The van der Waals surface area contributed by atoms with Crippen molar-refractivity contribution in [3.8, 4) is 0 Å². The second kappa shape index (κ2) is 11.2. The second-order valence-electron chi connectivity index (χ2n) is 8.41. The number of nitrogens with one attached hydrogen (secondary N) is 2. The molecule has 2 fully saturated rings. The molecule has 0 unspecified atom stereocenters. The number of nitrogens with zero attached hydrogens (tertiary/aromatic N) is 2. The second-order valence-corrected chi connectivity index (χ2v) is 8.82. The first kappa shape index (κ1) is 22.4. The fraction of sp³-hybridized carbons (Fsp3) is 0.696. The number of halogens is 1. The number of ether oxygens (including phenoxy) is 1. The van der Waals surface area contributed by atoms with E-state index in [1.165, 1.54) is 50.9 Å². The van der Waals surface area contributed by atoms with Crippen molar-refractivity contribution in [2.75, 3.05) is 46.4 Å². The van der Waals surface area contributed by atoms with Gasteiger partial charge in [0, 0.05) is 56.4 Å². The van der Waals surface area contributed by atoms with E-state index in [1.54, 1.807) is 0 Å². The summed E-state index contributed by atoms with van der Waals surface area (Å²) < 4.78 is 5.66. The van der Waals surface area contributed by atoms with E-state index >= 15 is 0 Å². The van der Waals surface area contributed by atoms with Crippen LogP contribution in [0.2, 0.25) is 5.02 Å². The maximum absolute atomic E-state index is 6.58. The Bertz CT molecular complexity index is 652. The van der Waals surface area contributed by atoms with E-state index in [9.17, 15) is 0 Å². The van der Waals surface area contributed by atoms with Crippen molar-refractivity contribution in [2.45, 2.75) is 56.9 Å². The SMILES string of the molecule is CCCCN1CCC(NC(=NC)NCC2(c3ccccc3Cl)CCOCC2)CC1. The van der Waals surface area contributed by atoms with Crippen LogP contribution in [-0.2, 0) is 10.2 Å². The van der Waals surface area contributed by atoms with E-state index < -0.39 is 0 Å². The van der Waals surface area contributed by atoms with Gasteiger partial charge in [0.1, 0.15) is 0 Å². The highest BCUT2D eigenvalue weighted by Gasteiger charge is 2.36. The van der Waals surface area contributed by atoms with E-state index in [-0.39, 0.29) is 5.41 Å². The molecule has 29 heavy (non-hydrogen) atoms. The van der Waals surface area contributed by atoms with E-state index in [2.05, 4.69) is 39.6 Å². The van der Waals surface area contributed by atoms with Crippen LogP contribution in [0.4, 0.5) is 0 Å². The van der Waals surface area contributed by atoms with Crippen LogP contribution >= 0.6 is 11.6 Å². The van der Waals surface area contributed by atoms with Gasteiger partial charge in [0.25, 0.3) is 0 Å². The molecule has 5 nitrogen and oxygen atoms in total. The molecule has 2 saturated heterocycles. The number of unbranched alkanes of at least 4 members (excludes halogenated alkanes) is 1. The normalized spacial score (nSPS) is 21.1. The van der Waals surface area contributed by atoms with Crippen molar-refractivity contribution in [3.63, 3.8) is 0 Å². The van der Waals surface area contributed by atoms with E-state index in [0.717, 1.165) is 43.6 Å². The third-order valence-electron chi connectivity index (χ3n) is 6.47. The summed E-state index contributed by atoms with van der Waals surface area (Å²) in [4.78, 5) is 7.09. The van der Waals surface area contributed by atoms with Crippen LogP contribution in [0.15, 0.2) is 29.3 Å². The van der Waals surface area contributed by atoms with Crippen LogP contribution in [0, 0.1) is 0 Å². The lowest BCUT2D eigenvalue weighted by atomic mass is 9.74. The zero-order valence-corrected chi connectivity index (χ0v) is 18.8. The van der Waals surface area contributed by atoms with Gasteiger partial charge in [-0.05, 0) is 50.3 Å². The summed E-state index contributed by atoms with van der Waals surface area (Å²) in [6.07, 6.45) is 6.86. The topological polar surface area (TPSA) is 48.9 Å². The number of likely N-dealkylation sites (tertiary alicyclic amines) is 1. The third kappa shape index (κ3) is 6.09. The van der Waals surface area contributed by atoms with Crippen molar-refractivity contribution in [2.24, 2.45) is 4.99 Å². The first-order chi connectivity index (χ1) is 14.2. The Labute approximate surface area is 181 Å². The summed E-state index contributed by atoms with van der Waals surface area (Å²) in [7, 11) is 1.86. The molecule has 1 aromatic carbocycles. The first-order valence-electron chi connectivity index (χ1n) is 11.2. The van der Waals surface area contributed by atoms with Gasteiger partial charge >= 0.3 is 0 Å². The van der Waals surface area contributed by atoms with Crippen molar-refractivity contribution in [3.05, 3.63) is 34.9 Å². The van der Waals surface area contributed by atoms with Gasteiger partial charge in [0.15, 0.2) is 5.96 Å². The lowest BCUT2D eigenvalue weighted by Gasteiger charge is -2.39. The van der Waals surface area contributed by atoms with Crippen molar-refractivity contribution in [1.82, 2.24) is 15.5 Å². The summed E-state index contributed by atoms with van der Waals surface area (Å²) in [5.74, 6) is 0.898. The zero-order valence-electron chi connectivity index (χ0n) is 18.1. The molecule has 0 atom stereocenters. The van der Waals surface area contributed by atoms with Crippen LogP contribution in [0.5, 0.6) is 0 Å². The quantitative estimate of drug-likeness (QED) is 0.520.